The molecule has 0 aliphatic carbocycles. The molecule has 2 N–H and O–H groups in total. The van der Waals surface area contributed by atoms with Crippen LogP contribution >= 0.6 is 0 Å². The Bertz CT molecular complexity index is 451. The number of likely N-dealkylation sites (N-methyl/N-ethyl adjacent to an activating group) is 1. The zero-order valence-corrected chi connectivity index (χ0v) is 12.0. The molecule has 0 bridgehead atoms. The summed E-state index contributed by atoms with van der Waals surface area (Å²) < 4.78 is 16.2. The number of anilines is 2. The van der Waals surface area contributed by atoms with Crippen LogP contribution in [0.4, 0.5) is 11.4 Å². The van der Waals surface area contributed by atoms with E-state index in [0.29, 0.717) is 23.2 Å². The molecule has 5 nitrogen and oxygen atoms in total. The summed E-state index contributed by atoms with van der Waals surface area (Å²) in [6.45, 7) is 2.88. The number of ether oxygens (including phenoxy) is 3. The Morgan fingerprint density at radius 3 is 2.42 bits per heavy atom. The van der Waals surface area contributed by atoms with Crippen molar-refractivity contribution in [2.45, 2.75) is 25.5 Å². The van der Waals surface area contributed by atoms with Crippen LogP contribution in [0.5, 0.6) is 11.5 Å². The highest BCUT2D eigenvalue weighted by molar-refractivity contribution is 5.73. The van der Waals surface area contributed by atoms with E-state index in [2.05, 4.69) is 11.8 Å². The van der Waals surface area contributed by atoms with Crippen molar-refractivity contribution in [3.05, 3.63) is 12.1 Å². The van der Waals surface area contributed by atoms with Crippen molar-refractivity contribution in [3.8, 4) is 11.5 Å². The first-order valence-corrected chi connectivity index (χ1v) is 6.44. The Morgan fingerprint density at radius 1 is 1.26 bits per heavy atom. The van der Waals surface area contributed by atoms with Gasteiger partial charge < -0.3 is 24.8 Å². The molecule has 2 rings (SSSR count). The number of nitrogens with zero attached hydrogens (tertiary/aromatic N) is 1. The minimum absolute atomic E-state index is 0.206. The first-order valence-electron chi connectivity index (χ1n) is 6.44. The summed E-state index contributed by atoms with van der Waals surface area (Å²) in [5.74, 6) is 1.33. The quantitative estimate of drug-likeness (QED) is 0.844. The lowest BCUT2D eigenvalue weighted by Gasteiger charge is -2.30. The Labute approximate surface area is 114 Å². The third-order valence-corrected chi connectivity index (χ3v) is 3.75. The Morgan fingerprint density at radius 2 is 1.89 bits per heavy atom. The summed E-state index contributed by atoms with van der Waals surface area (Å²) >= 11 is 0. The van der Waals surface area contributed by atoms with Gasteiger partial charge in [-0.05, 0) is 13.3 Å². The Hall–Kier alpha value is -1.62. The molecule has 106 valence electrons. The summed E-state index contributed by atoms with van der Waals surface area (Å²) in [6.07, 6.45) is 1.21. The number of methoxy groups -OCH3 is 2. The van der Waals surface area contributed by atoms with Crippen molar-refractivity contribution in [3.63, 3.8) is 0 Å². The van der Waals surface area contributed by atoms with Gasteiger partial charge in [-0.1, -0.05) is 0 Å². The summed E-state index contributed by atoms with van der Waals surface area (Å²) in [4.78, 5) is 2.16. The number of hydrogen-bond acceptors (Lipinski definition) is 5. The number of rotatable bonds is 4. The van der Waals surface area contributed by atoms with Crippen LogP contribution in [0.2, 0.25) is 0 Å². The molecule has 1 aromatic carbocycles. The third kappa shape index (κ3) is 2.56. The summed E-state index contributed by atoms with van der Waals surface area (Å²) in [6, 6.07) is 4.05. The molecule has 0 aromatic heterocycles. The lowest BCUT2D eigenvalue weighted by Crippen LogP contribution is -2.37. The molecule has 1 aliphatic rings. The first kappa shape index (κ1) is 13.8. The molecule has 0 saturated carbocycles. The normalized spacial score (nSPS) is 22.3. The van der Waals surface area contributed by atoms with E-state index in [-0.39, 0.29) is 6.10 Å². The van der Waals surface area contributed by atoms with E-state index in [1.165, 1.54) is 0 Å². The lowest BCUT2D eigenvalue weighted by atomic mass is 10.1. The predicted octanol–water partition coefficient (Wildman–Crippen LogP) is 1.90. The highest BCUT2D eigenvalue weighted by atomic mass is 16.5. The molecule has 1 heterocycles. The van der Waals surface area contributed by atoms with Crippen LogP contribution in [0.1, 0.15) is 13.3 Å². The fourth-order valence-corrected chi connectivity index (χ4v) is 2.60. The van der Waals surface area contributed by atoms with E-state index in [4.69, 9.17) is 19.9 Å². The molecule has 0 spiro atoms. The molecule has 2 unspecified atom stereocenters. The monoisotopic (exact) mass is 266 g/mol. The topological polar surface area (TPSA) is 57.0 Å². The molecule has 0 amide bonds. The van der Waals surface area contributed by atoms with Crippen molar-refractivity contribution in [2.75, 3.05) is 38.5 Å². The predicted molar refractivity (Wildman–Crippen MR) is 76.2 cm³/mol. The largest absolute Gasteiger partial charge is 0.493 e. The zero-order chi connectivity index (χ0) is 14.0. The van der Waals surface area contributed by atoms with Gasteiger partial charge in [0.05, 0.1) is 37.7 Å². The molecule has 19 heavy (non-hydrogen) atoms. The van der Waals surface area contributed by atoms with Crippen LogP contribution in [0.15, 0.2) is 12.1 Å². The zero-order valence-electron chi connectivity index (χ0n) is 12.0. The molecule has 5 heteroatoms. The summed E-state index contributed by atoms with van der Waals surface area (Å²) in [5, 5.41) is 0. The van der Waals surface area contributed by atoms with E-state index in [0.717, 1.165) is 18.7 Å². The number of benzene rings is 1. The van der Waals surface area contributed by atoms with Gasteiger partial charge >= 0.3 is 0 Å². The van der Waals surface area contributed by atoms with Crippen molar-refractivity contribution in [2.24, 2.45) is 0 Å². The molecule has 1 aromatic rings. The molecule has 2 atom stereocenters. The molecule has 1 saturated heterocycles. The number of nitrogen functional groups attached to an aromatic ring is 1. The second-order valence-corrected chi connectivity index (χ2v) is 4.81. The van der Waals surface area contributed by atoms with Gasteiger partial charge in [-0.2, -0.15) is 0 Å². The third-order valence-electron chi connectivity index (χ3n) is 3.75. The standard InChI is InChI=1S/C14H22N2O3/c1-9-11(5-6-19-9)16(2)12-8-14(18-4)13(17-3)7-10(12)15/h7-9,11H,5-6,15H2,1-4H3. The fraction of sp³-hybridized carbons (Fsp3) is 0.571. The fourth-order valence-electron chi connectivity index (χ4n) is 2.60. The Balaban J connectivity index is 2.33. The maximum Gasteiger partial charge on any atom is 0.162 e. The number of nitrogens with two attached hydrogens (primary N) is 1. The minimum Gasteiger partial charge on any atom is -0.493 e. The van der Waals surface area contributed by atoms with E-state index in [9.17, 15) is 0 Å². The Kier molecular flexibility index (Phi) is 4.04. The van der Waals surface area contributed by atoms with Gasteiger partial charge in [0.15, 0.2) is 11.5 Å². The molecule has 0 radical (unpaired) electrons. The highest BCUT2D eigenvalue weighted by Crippen LogP contribution is 2.38. The minimum atomic E-state index is 0.206. The van der Waals surface area contributed by atoms with Crippen molar-refractivity contribution in [1.82, 2.24) is 0 Å². The second-order valence-electron chi connectivity index (χ2n) is 4.81. The van der Waals surface area contributed by atoms with Gasteiger partial charge in [0.2, 0.25) is 0 Å². The maximum atomic E-state index is 6.12. The van der Waals surface area contributed by atoms with E-state index in [1.54, 1.807) is 20.3 Å². The van der Waals surface area contributed by atoms with Gasteiger partial charge in [-0.25, -0.2) is 0 Å². The van der Waals surface area contributed by atoms with Crippen molar-refractivity contribution in [1.29, 1.82) is 0 Å². The summed E-state index contributed by atoms with van der Waals surface area (Å²) in [5.41, 5.74) is 7.74. The molecule has 1 aliphatic heterocycles. The SMILES string of the molecule is COc1cc(N)c(N(C)C2CCOC2C)cc1OC. The van der Waals surface area contributed by atoms with Gasteiger partial charge in [0, 0.05) is 25.8 Å². The maximum absolute atomic E-state index is 6.12. The van der Waals surface area contributed by atoms with Crippen LogP contribution in [0.25, 0.3) is 0 Å². The smallest absolute Gasteiger partial charge is 0.162 e. The number of hydrogen-bond donors (Lipinski definition) is 1. The van der Waals surface area contributed by atoms with Crippen LogP contribution in [0, 0.1) is 0 Å². The molecular formula is C14H22N2O3. The van der Waals surface area contributed by atoms with Gasteiger partial charge in [-0.3, -0.25) is 0 Å². The van der Waals surface area contributed by atoms with Crippen LogP contribution in [-0.4, -0.2) is 40.0 Å². The lowest BCUT2D eigenvalue weighted by molar-refractivity contribution is 0.118. The highest BCUT2D eigenvalue weighted by Gasteiger charge is 2.29. The van der Waals surface area contributed by atoms with Crippen molar-refractivity contribution < 1.29 is 14.2 Å². The second kappa shape index (κ2) is 5.57. The first-order chi connectivity index (χ1) is 9.08. The van der Waals surface area contributed by atoms with E-state index >= 15 is 0 Å². The summed E-state index contributed by atoms with van der Waals surface area (Å²) in [7, 11) is 5.26. The van der Waals surface area contributed by atoms with Crippen LogP contribution < -0.4 is 20.1 Å². The van der Waals surface area contributed by atoms with E-state index in [1.807, 2.05) is 13.1 Å². The molecule has 1 fully saturated rings. The van der Waals surface area contributed by atoms with Gasteiger partial charge in [0.1, 0.15) is 0 Å². The van der Waals surface area contributed by atoms with Gasteiger partial charge in [0.25, 0.3) is 0 Å². The van der Waals surface area contributed by atoms with E-state index < -0.39 is 0 Å². The molecular weight excluding hydrogens is 244 g/mol. The average Bonchev–Trinajstić information content (AvgIpc) is 2.83. The van der Waals surface area contributed by atoms with Crippen LogP contribution in [-0.2, 0) is 4.74 Å². The van der Waals surface area contributed by atoms with Crippen molar-refractivity contribution >= 4 is 11.4 Å². The average molecular weight is 266 g/mol. The van der Waals surface area contributed by atoms with Gasteiger partial charge in [-0.15, -0.1) is 0 Å². The van der Waals surface area contributed by atoms with Crippen LogP contribution in [0.3, 0.4) is 0 Å².